The van der Waals surface area contributed by atoms with Gasteiger partial charge in [0.2, 0.25) is 5.91 Å². The number of nitrogens with one attached hydrogen (secondary N) is 2. The van der Waals surface area contributed by atoms with Gasteiger partial charge >= 0.3 is 7.74 Å². The minimum Gasteiger partial charge on any atom is -0.394 e. The molecular weight excluding hydrogens is 222 g/mol. The first-order chi connectivity index (χ1) is 6.80. The van der Waals surface area contributed by atoms with Gasteiger partial charge in [-0.3, -0.25) is 9.32 Å². The zero-order valence-electron chi connectivity index (χ0n) is 8.67. The topological polar surface area (TPSA) is 123 Å². The highest BCUT2D eigenvalue weighted by atomic mass is 31.2. The van der Waals surface area contributed by atoms with E-state index in [2.05, 4.69) is 9.84 Å². The molecule has 0 spiro atoms. The molecule has 0 aliphatic carbocycles. The van der Waals surface area contributed by atoms with Crippen molar-refractivity contribution in [3.8, 4) is 0 Å². The van der Waals surface area contributed by atoms with Crippen LogP contribution in [0.15, 0.2) is 0 Å². The van der Waals surface area contributed by atoms with E-state index >= 15 is 0 Å². The molecule has 0 rings (SSSR count). The van der Waals surface area contributed by atoms with Gasteiger partial charge in [-0.15, -0.1) is 0 Å². The minimum absolute atomic E-state index is 0.253. The fraction of sp³-hybridized carbons (Fsp3) is 0.833. The second-order valence-corrected chi connectivity index (χ2v) is 4.36. The second-order valence-electron chi connectivity index (χ2n) is 3.06. The van der Waals surface area contributed by atoms with Crippen LogP contribution in [-0.4, -0.2) is 47.4 Å². The quantitative estimate of drug-likeness (QED) is 0.282. The molecule has 15 heavy (non-hydrogen) atoms. The average Bonchev–Trinajstić information content (AvgIpc) is 2.10. The van der Waals surface area contributed by atoms with Gasteiger partial charge in [0, 0.05) is 0 Å². The number of aliphatic hydroxyl groups is 1. The van der Waals surface area contributed by atoms with Gasteiger partial charge in [0.25, 0.3) is 0 Å². The number of carbonyl (C=O) groups excluding carboxylic acids is 1. The van der Waals surface area contributed by atoms with Crippen molar-refractivity contribution in [2.24, 2.45) is 0 Å². The van der Waals surface area contributed by atoms with Gasteiger partial charge in [-0.1, -0.05) is 0 Å². The zero-order valence-corrected chi connectivity index (χ0v) is 9.57. The summed E-state index contributed by atoms with van der Waals surface area (Å²) >= 11 is 0. The van der Waals surface area contributed by atoms with Crippen LogP contribution in [0, 0.1) is 5.16 Å². The fourth-order valence-electron chi connectivity index (χ4n) is 0.926. The van der Waals surface area contributed by atoms with Crippen molar-refractivity contribution in [3.63, 3.8) is 0 Å². The lowest BCUT2D eigenvalue weighted by molar-refractivity contribution is -0.120. The summed E-state index contributed by atoms with van der Waals surface area (Å²) in [7, 11) is -2.46. The fourth-order valence-corrected chi connectivity index (χ4v) is 1.54. The molecule has 0 aromatic heterocycles. The van der Waals surface area contributed by atoms with E-state index in [1.165, 1.54) is 6.92 Å². The highest BCUT2D eigenvalue weighted by Gasteiger charge is 2.23. The van der Waals surface area contributed by atoms with Crippen molar-refractivity contribution in [3.05, 3.63) is 0 Å². The van der Waals surface area contributed by atoms with Gasteiger partial charge in [0.15, 0.2) is 0 Å². The smallest absolute Gasteiger partial charge is 0.347 e. The van der Waals surface area contributed by atoms with Crippen LogP contribution in [0.5, 0.6) is 0 Å². The standard InChI is InChI=1S/C6H16BN2O5P/c1-4(14-15(8,12)13)5(3-10)9-6(11)2-7/h4-5,10H,2-3,7H2,1H3,(H,9,11)(H3,8,12,13)/t4-,5-/m0/s1. The Bertz CT molecular complexity index is 258. The number of hydrogen-bond donors (Lipinski definition) is 5. The monoisotopic (exact) mass is 238 g/mol. The summed E-state index contributed by atoms with van der Waals surface area (Å²) in [6.07, 6.45) is -0.589. The molecule has 0 radical (unpaired) electrons. The van der Waals surface area contributed by atoms with Crippen LogP contribution >= 0.6 is 7.74 Å². The predicted molar refractivity (Wildman–Crippen MR) is 57.0 cm³/mol. The Hall–Kier alpha value is -0.395. The summed E-state index contributed by atoms with van der Waals surface area (Å²) in [5, 5.41) is 18.1. The van der Waals surface area contributed by atoms with Gasteiger partial charge in [0.05, 0.1) is 18.8 Å². The number of carbonyl (C=O) groups is 1. The first-order valence-corrected chi connectivity index (χ1v) is 6.09. The SMILES string of the molecule is BCC(=O)N[C@@H](CO)[C@H](C)OP(=N)(O)O. The molecule has 0 aliphatic heterocycles. The van der Waals surface area contributed by atoms with Gasteiger partial charge in [0.1, 0.15) is 7.85 Å². The van der Waals surface area contributed by atoms with E-state index in [1.54, 1.807) is 7.85 Å². The van der Waals surface area contributed by atoms with E-state index in [1.807, 2.05) is 0 Å². The minimum atomic E-state index is -4.10. The van der Waals surface area contributed by atoms with Gasteiger partial charge in [-0.05, 0) is 13.2 Å². The zero-order chi connectivity index (χ0) is 12.1. The molecule has 2 atom stereocenters. The molecule has 0 aromatic rings. The first-order valence-electron chi connectivity index (χ1n) is 4.48. The lowest BCUT2D eigenvalue weighted by Crippen LogP contribution is -2.45. The molecule has 0 aromatic carbocycles. The Morgan fingerprint density at radius 1 is 1.67 bits per heavy atom. The molecular formula is C6H16BN2O5P. The Labute approximate surface area is 89.0 Å². The summed E-state index contributed by atoms with van der Waals surface area (Å²) in [6.45, 7) is 1.04. The van der Waals surface area contributed by atoms with E-state index in [0.717, 1.165) is 0 Å². The Balaban J connectivity index is 4.28. The number of rotatable bonds is 6. The maximum atomic E-state index is 11.0. The van der Waals surface area contributed by atoms with Crippen molar-refractivity contribution in [2.75, 3.05) is 6.61 Å². The normalized spacial score (nSPS) is 15.7. The van der Waals surface area contributed by atoms with Crippen molar-refractivity contribution in [2.45, 2.75) is 25.4 Å². The Kier molecular flexibility index (Phi) is 6.08. The van der Waals surface area contributed by atoms with Crippen LogP contribution in [-0.2, 0) is 9.32 Å². The van der Waals surface area contributed by atoms with E-state index in [4.69, 9.17) is 20.1 Å². The highest BCUT2D eigenvalue weighted by molar-refractivity contribution is 7.47. The molecule has 1 amide bonds. The van der Waals surface area contributed by atoms with Gasteiger partial charge in [-0.25, -0.2) is 5.16 Å². The maximum absolute atomic E-state index is 11.0. The third-order valence-corrected chi connectivity index (χ3v) is 2.37. The lowest BCUT2D eigenvalue weighted by Gasteiger charge is -2.24. The molecule has 0 heterocycles. The molecule has 0 saturated heterocycles. The molecule has 88 valence electrons. The third-order valence-electron chi connectivity index (χ3n) is 1.74. The molecule has 9 heteroatoms. The summed E-state index contributed by atoms with van der Waals surface area (Å²) in [6, 6.07) is -0.749. The van der Waals surface area contributed by atoms with E-state index < -0.39 is 26.5 Å². The van der Waals surface area contributed by atoms with Crippen LogP contribution in [0.3, 0.4) is 0 Å². The molecule has 0 saturated carbocycles. The predicted octanol–water partition coefficient (Wildman–Crippen LogP) is -1.57. The lowest BCUT2D eigenvalue weighted by atomic mass is 10.0. The highest BCUT2D eigenvalue weighted by Crippen LogP contribution is 2.38. The molecule has 0 unspecified atom stereocenters. The van der Waals surface area contributed by atoms with E-state index in [9.17, 15) is 4.79 Å². The van der Waals surface area contributed by atoms with E-state index in [0.29, 0.717) is 0 Å². The Morgan fingerprint density at radius 3 is 2.53 bits per heavy atom. The summed E-state index contributed by atoms with van der Waals surface area (Å²) in [5.74, 6) is -0.283. The van der Waals surface area contributed by atoms with Gasteiger partial charge < -0.3 is 20.2 Å². The number of amides is 1. The Morgan fingerprint density at radius 2 is 2.20 bits per heavy atom. The molecule has 5 N–H and O–H groups in total. The van der Waals surface area contributed by atoms with Crippen LogP contribution in [0.2, 0.25) is 6.32 Å². The molecule has 0 aliphatic rings. The largest absolute Gasteiger partial charge is 0.394 e. The average molecular weight is 238 g/mol. The molecule has 7 nitrogen and oxygen atoms in total. The summed E-state index contributed by atoms with van der Waals surface area (Å²) in [5.41, 5.74) is 0. The van der Waals surface area contributed by atoms with Crippen molar-refractivity contribution >= 4 is 21.5 Å². The van der Waals surface area contributed by atoms with Crippen molar-refractivity contribution in [1.82, 2.24) is 5.32 Å². The maximum Gasteiger partial charge on any atom is 0.347 e. The second kappa shape index (κ2) is 6.24. The summed E-state index contributed by atoms with van der Waals surface area (Å²) < 4.78 is 4.55. The van der Waals surface area contributed by atoms with Gasteiger partial charge in [-0.2, -0.15) is 0 Å². The van der Waals surface area contributed by atoms with Crippen LogP contribution < -0.4 is 5.32 Å². The van der Waals surface area contributed by atoms with E-state index in [-0.39, 0.29) is 12.2 Å². The van der Waals surface area contributed by atoms with Crippen LogP contribution in [0.4, 0.5) is 0 Å². The van der Waals surface area contributed by atoms with Crippen LogP contribution in [0.1, 0.15) is 6.92 Å². The third kappa shape index (κ3) is 6.65. The van der Waals surface area contributed by atoms with Crippen LogP contribution in [0.25, 0.3) is 0 Å². The van der Waals surface area contributed by atoms with Crippen molar-refractivity contribution in [1.29, 1.82) is 5.16 Å². The summed E-state index contributed by atoms with van der Waals surface area (Å²) in [4.78, 5) is 28.5. The number of aliphatic hydroxyl groups excluding tert-OH is 1. The molecule has 0 fully saturated rings. The first kappa shape index (κ1) is 14.6. The molecule has 0 bridgehead atoms. The van der Waals surface area contributed by atoms with Crippen molar-refractivity contribution < 1.29 is 24.2 Å². The number of hydrogen-bond acceptors (Lipinski definition) is 4.